The first-order valence-corrected chi connectivity index (χ1v) is 11.3. The number of nitrogens with two attached hydrogens (primary N) is 1. The minimum Gasteiger partial charge on any atom is -0.439 e. The van der Waals surface area contributed by atoms with Crippen molar-refractivity contribution in [3.8, 4) is 0 Å². The van der Waals surface area contributed by atoms with Gasteiger partial charge in [-0.2, -0.15) is 0 Å². The van der Waals surface area contributed by atoms with E-state index in [-0.39, 0.29) is 16.3 Å². The van der Waals surface area contributed by atoms with Gasteiger partial charge < -0.3 is 4.74 Å². The number of nitrogens with zero attached hydrogens (tertiary/aromatic N) is 1. The molecule has 2 amide bonds. The van der Waals surface area contributed by atoms with Gasteiger partial charge in [0.1, 0.15) is 0 Å². The van der Waals surface area contributed by atoms with Gasteiger partial charge in [0.05, 0.1) is 22.4 Å². The number of amides is 2. The van der Waals surface area contributed by atoms with E-state index in [1.807, 2.05) is 0 Å². The summed E-state index contributed by atoms with van der Waals surface area (Å²) in [6, 6.07) is 11.8. The van der Waals surface area contributed by atoms with Gasteiger partial charge in [-0.1, -0.05) is 30.3 Å². The Kier molecular flexibility index (Phi) is 5.71. The van der Waals surface area contributed by atoms with E-state index in [1.165, 1.54) is 0 Å². The predicted molar refractivity (Wildman–Crippen MR) is 100 cm³/mol. The molecule has 3 N–H and O–H groups in total. The highest BCUT2D eigenvalue weighted by Gasteiger charge is 2.34. The van der Waals surface area contributed by atoms with Crippen LogP contribution in [-0.2, 0) is 29.6 Å². The quantitative estimate of drug-likeness (QED) is 0.630. The molecule has 12 heteroatoms. The van der Waals surface area contributed by atoms with Gasteiger partial charge in [-0.05, 0) is 29.8 Å². The summed E-state index contributed by atoms with van der Waals surface area (Å²) in [5.41, 5.74) is 0.518. The van der Waals surface area contributed by atoms with Crippen LogP contribution in [0.2, 0.25) is 0 Å². The lowest BCUT2D eigenvalue weighted by molar-refractivity contribution is -0.126. The Morgan fingerprint density at radius 3 is 2.07 bits per heavy atom. The lowest BCUT2D eigenvalue weighted by atomic mass is 10.1. The average molecular weight is 439 g/mol. The van der Waals surface area contributed by atoms with Crippen molar-refractivity contribution in [3.05, 3.63) is 60.2 Å². The van der Waals surface area contributed by atoms with Crippen LogP contribution < -0.4 is 9.86 Å². The van der Waals surface area contributed by atoms with Crippen molar-refractivity contribution in [2.75, 3.05) is 13.2 Å². The van der Waals surface area contributed by atoms with Crippen molar-refractivity contribution < 1.29 is 31.2 Å². The van der Waals surface area contributed by atoms with E-state index < -0.39 is 44.7 Å². The molecule has 0 radical (unpaired) electrons. The SMILES string of the molecule is NS(=O)(=O)c1ccc(S(=O)(=O)NC(CN2C(=O)COC2=O)c2ccccc2)cc1. The van der Waals surface area contributed by atoms with E-state index in [4.69, 9.17) is 5.14 Å². The van der Waals surface area contributed by atoms with Gasteiger partial charge in [0.15, 0.2) is 6.61 Å². The number of ether oxygens (including phenoxy) is 1. The molecule has 3 rings (SSSR count). The third-order valence-electron chi connectivity index (χ3n) is 4.17. The van der Waals surface area contributed by atoms with E-state index in [9.17, 15) is 26.4 Å². The second-order valence-corrected chi connectivity index (χ2v) is 9.44. The number of hydrogen-bond acceptors (Lipinski definition) is 7. The van der Waals surface area contributed by atoms with E-state index in [2.05, 4.69) is 9.46 Å². The molecule has 0 bridgehead atoms. The van der Waals surface area contributed by atoms with Gasteiger partial charge in [-0.15, -0.1) is 0 Å². The van der Waals surface area contributed by atoms with E-state index >= 15 is 0 Å². The first-order chi connectivity index (χ1) is 13.6. The normalized spacial score (nSPS) is 16.0. The molecule has 2 aromatic rings. The molecule has 1 saturated heterocycles. The van der Waals surface area contributed by atoms with Crippen molar-refractivity contribution in [1.82, 2.24) is 9.62 Å². The highest BCUT2D eigenvalue weighted by Crippen LogP contribution is 2.21. The molecular formula is C17H17N3O7S2. The second-order valence-electron chi connectivity index (χ2n) is 6.16. The topological polar surface area (TPSA) is 153 Å². The third kappa shape index (κ3) is 4.79. The molecule has 10 nitrogen and oxygen atoms in total. The van der Waals surface area contributed by atoms with Crippen LogP contribution in [0.3, 0.4) is 0 Å². The Bertz CT molecular complexity index is 1120. The number of benzene rings is 2. The number of carbonyl (C=O) groups excluding carboxylic acids is 2. The number of hydrogen-bond donors (Lipinski definition) is 2. The summed E-state index contributed by atoms with van der Waals surface area (Å²) in [5.74, 6) is -0.576. The standard InChI is InChI=1S/C17H17N3O7S2/c18-28(23,24)13-6-8-14(9-7-13)29(25,26)19-15(12-4-2-1-3-5-12)10-20-16(21)11-27-17(20)22/h1-9,15,19H,10-11H2,(H2,18,23,24). The van der Waals surface area contributed by atoms with Crippen molar-refractivity contribution in [2.45, 2.75) is 15.8 Å². The molecule has 1 heterocycles. The van der Waals surface area contributed by atoms with Gasteiger partial charge in [0.2, 0.25) is 20.0 Å². The lowest BCUT2D eigenvalue weighted by Gasteiger charge is -2.22. The molecule has 0 aliphatic carbocycles. The number of rotatable bonds is 7. The third-order valence-corrected chi connectivity index (χ3v) is 6.58. The highest BCUT2D eigenvalue weighted by atomic mass is 32.2. The van der Waals surface area contributed by atoms with Gasteiger partial charge in [0, 0.05) is 0 Å². The van der Waals surface area contributed by atoms with Crippen LogP contribution in [-0.4, -0.2) is 46.9 Å². The van der Waals surface area contributed by atoms with Gasteiger partial charge in [-0.3, -0.25) is 4.79 Å². The van der Waals surface area contributed by atoms with Gasteiger partial charge in [-0.25, -0.2) is 36.4 Å². The Labute approximate surface area is 167 Å². The summed E-state index contributed by atoms with van der Waals surface area (Å²) in [6.45, 7) is -0.668. The maximum atomic E-state index is 12.8. The first kappa shape index (κ1) is 20.9. The maximum Gasteiger partial charge on any atom is 0.417 e. The Hall–Kier alpha value is -2.80. The summed E-state index contributed by atoms with van der Waals surface area (Å²) in [6.07, 6.45) is -0.854. The van der Waals surface area contributed by atoms with Crippen LogP contribution in [0.5, 0.6) is 0 Å². The fourth-order valence-electron chi connectivity index (χ4n) is 2.70. The zero-order valence-corrected chi connectivity index (χ0v) is 16.5. The minimum absolute atomic E-state index is 0.207. The fraction of sp³-hybridized carbons (Fsp3) is 0.176. The molecule has 1 unspecified atom stereocenters. The second kappa shape index (κ2) is 7.91. The molecule has 2 aromatic carbocycles. The monoisotopic (exact) mass is 439 g/mol. The van der Waals surface area contributed by atoms with Crippen molar-refractivity contribution in [2.24, 2.45) is 5.14 Å². The number of nitrogens with one attached hydrogen (secondary N) is 1. The number of cyclic esters (lactones) is 1. The smallest absolute Gasteiger partial charge is 0.417 e. The number of imide groups is 1. The number of sulfonamides is 2. The minimum atomic E-state index is -4.12. The molecule has 29 heavy (non-hydrogen) atoms. The zero-order valence-electron chi connectivity index (χ0n) is 14.9. The van der Waals surface area contributed by atoms with Crippen molar-refractivity contribution in [3.63, 3.8) is 0 Å². The molecule has 1 fully saturated rings. The highest BCUT2D eigenvalue weighted by molar-refractivity contribution is 7.89. The van der Waals surface area contributed by atoms with Crippen LogP contribution in [0.25, 0.3) is 0 Å². The fourth-order valence-corrected chi connectivity index (χ4v) is 4.43. The van der Waals surface area contributed by atoms with Crippen LogP contribution in [0.1, 0.15) is 11.6 Å². The molecule has 0 spiro atoms. The van der Waals surface area contributed by atoms with E-state index in [1.54, 1.807) is 30.3 Å². The van der Waals surface area contributed by atoms with Crippen LogP contribution in [0.15, 0.2) is 64.4 Å². The van der Waals surface area contributed by atoms with E-state index in [0.29, 0.717) is 5.56 Å². The van der Waals surface area contributed by atoms with Crippen LogP contribution in [0, 0.1) is 0 Å². The Morgan fingerprint density at radius 1 is 0.966 bits per heavy atom. The van der Waals surface area contributed by atoms with Gasteiger partial charge in [0.25, 0.3) is 5.91 Å². The summed E-state index contributed by atoms with van der Waals surface area (Å²) in [5, 5.41) is 5.02. The largest absolute Gasteiger partial charge is 0.439 e. The molecular weight excluding hydrogens is 422 g/mol. The van der Waals surface area contributed by atoms with Crippen LogP contribution in [0.4, 0.5) is 4.79 Å². The van der Waals surface area contributed by atoms with Crippen molar-refractivity contribution >= 4 is 32.0 Å². The summed E-state index contributed by atoms with van der Waals surface area (Å²) in [7, 11) is -8.09. The lowest BCUT2D eigenvalue weighted by Crippen LogP contribution is -2.40. The van der Waals surface area contributed by atoms with Crippen LogP contribution >= 0.6 is 0 Å². The first-order valence-electron chi connectivity index (χ1n) is 8.25. The molecule has 0 aromatic heterocycles. The molecule has 154 valence electrons. The average Bonchev–Trinajstić information content (AvgIpc) is 2.99. The molecule has 0 saturated carbocycles. The number of primary sulfonamides is 1. The summed E-state index contributed by atoms with van der Waals surface area (Å²) >= 11 is 0. The van der Waals surface area contributed by atoms with Gasteiger partial charge >= 0.3 is 6.09 Å². The molecule has 1 aliphatic heterocycles. The summed E-state index contributed by atoms with van der Waals surface area (Å²) < 4.78 is 55.4. The number of carbonyl (C=O) groups is 2. The predicted octanol–water partition coefficient (Wildman–Crippen LogP) is 0.332. The summed E-state index contributed by atoms with van der Waals surface area (Å²) in [4.78, 5) is 24.0. The molecule has 1 atom stereocenters. The Balaban J connectivity index is 1.90. The maximum absolute atomic E-state index is 12.8. The van der Waals surface area contributed by atoms with E-state index in [0.717, 1.165) is 29.2 Å². The van der Waals surface area contributed by atoms with Crippen molar-refractivity contribution in [1.29, 1.82) is 0 Å². The molecule has 1 aliphatic rings. The Morgan fingerprint density at radius 2 is 1.55 bits per heavy atom. The zero-order chi connectivity index (χ0) is 21.2.